The molecule has 2 aromatic carbocycles. The molecule has 2 N–H and O–H groups in total. The van der Waals surface area contributed by atoms with Gasteiger partial charge in [0.25, 0.3) is 10.0 Å². The van der Waals surface area contributed by atoms with Gasteiger partial charge in [-0.05, 0) is 30.3 Å². The molecular formula is C16H14ClF2N3O3S. The standard InChI is InChI=1S/C16H14ClF2N3O3S/c17-11-8-10(4-5-14(11)22-7-6-20-15(23)9-22)21-26(24,25)16-12(18)2-1-3-13(16)19/h1-5,8,21H,6-7,9H2,(H,20,23). The van der Waals surface area contributed by atoms with Crippen LogP contribution < -0.4 is 14.9 Å². The van der Waals surface area contributed by atoms with Gasteiger partial charge in [-0.15, -0.1) is 0 Å². The summed E-state index contributed by atoms with van der Waals surface area (Å²) in [5.41, 5.74) is 0.601. The van der Waals surface area contributed by atoms with E-state index in [0.29, 0.717) is 18.8 Å². The van der Waals surface area contributed by atoms with E-state index in [1.54, 1.807) is 4.90 Å². The average molecular weight is 402 g/mol. The number of piperazine rings is 1. The maximum atomic E-state index is 13.7. The number of hydrogen-bond donors (Lipinski definition) is 2. The third-order valence-corrected chi connectivity index (χ3v) is 5.50. The van der Waals surface area contributed by atoms with Crippen molar-refractivity contribution in [3.05, 3.63) is 53.1 Å². The summed E-state index contributed by atoms with van der Waals surface area (Å²) in [5.74, 6) is -2.54. The average Bonchev–Trinajstić information content (AvgIpc) is 2.54. The van der Waals surface area contributed by atoms with Gasteiger partial charge in [0.15, 0.2) is 4.90 Å². The molecule has 0 atom stereocenters. The van der Waals surface area contributed by atoms with Gasteiger partial charge in [0.2, 0.25) is 5.91 Å². The summed E-state index contributed by atoms with van der Waals surface area (Å²) in [5, 5.41) is 2.89. The molecule has 0 unspecified atom stereocenters. The molecule has 3 rings (SSSR count). The molecule has 1 aliphatic heterocycles. The van der Waals surface area contributed by atoms with Crippen molar-refractivity contribution in [2.24, 2.45) is 0 Å². The Labute approximate surface area is 153 Å². The maximum Gasteiger partial charge on any atom is 0.267 e. The minimum absolute atomic E-state index is 0.0443. The van der Waals surface area contributed by atoms with Crippen molar-refractivity contribution in [1.82, 2.24) is 5.32 Å². The molecule has 10 heteroatoms. The molecule has 1 saturated heterocycles. The molecule has 2 aromatic rings. The fourth-order valence-electron chi connectivity index (χ4n) is 2.62. The molecule has 6 nitrogen and oxygen atoms in total. The van der Waals surface area contributed by atoms with Crippen molar-refractivity contribution in [2.45, 2.75) is 4.90 Å². The fourth-order valence-corrected chi connectivity index (χ4v) is 4.11. The van der Waals surface area contributed by atoms with Crippen molar-refractivity contribution in [3.8, 4) is 0 Å². The van der Waals surface area contributed by atoms with Crippen LogP contribution in [0.4, 0.5) is 20.2 Å². The van der Waals surface area contributed by atoms with Crippen LogP contribution in [0.1, 0.15) is 0 Å². The van der Waals surface area contributed by atoms with E-state index in [2.05, 4.69) is 10.0 Å². The lowest BCUT2D eigenvalue weighted by molar-refractivity contribution is -0.120. The molecule has 0 aromatic heterocycles. The molecular weight excluding hydrogens is 388 g/mol. The number of amides is 1. The van der Waals surface area contributed by atoms with Crippen LogP contribution in [0.2, 0.25) is 5.02 Å². The van der Waals surface area contributed by atoms with Gasteiger partial charge < -0.3 is 10.2 Å². The van der Waals surface area contributed by atoms with Crippen LogP contribution in [0.3, 0.4) is 0 Å². The Morgan fingerprint density at radius 1 is 1.15 bits per heavy atom. The van der Waals surface area contributed by atoms with Crippen LogP contribution in [0.5, 0.6) is 0 Å². The second-order valence-corrected chi connectivity index (χ2v) is 7.62. The SMILES string of the molecule is O=C1CN(c2ccc(NS(=O)(=O)c3c(F)cccc3F)cc2Cl)CCN1. The summed E-state index contributed by atoms with van der Waals surface area (Å²) in [7, 11) is -4.47. The first-order chi connectivity index (χ1) is 12.3. The highest BCUT2D eigenvalue weighted by Gasteiger charge is 2.25. The van der Waals surface area contributed by atoms with Crippen molar-refractivity contribution in [2.75, 3.05) is 29.3 Å². The van der Waals surface area contributed by atoms with Crippen LogP contribution in [-0.2, 0) is 14.8 Å². The molecule has 0 spiro atoms. The normalized spacial score (nSPS) is 14.9. The summed E-state index contributed by atoms with van der Waals surface area (Å²) in [4.78, 5) is 12.2. The molecule has 0 aliphatic carbocycles. The third-order valence-electron chi connectivity index (χ3n) is 3.77. The highest BCUT2D eigenvalue weighted by atomic mass is 35.5. The van der Waals surface area contributed by atoms with Gasteiger partial charge in [-0.25, -0.2) is 17.2 Å². The monoisotopic (exact) mass is 401 g/mol. The second kappa shape index (κ2) is 7.08. The number of nitrogens with zero attached hydrogens (tertiary/aromatic N) is 1. The summed E-state index contributed by atoms with van der Waals surface area (Å²) >= 11 is 6.19. The summed E-state index contributed by atoms with van der Waals surface area (Å²) in [6, 6.07) is 7.05. The smallest absolute Gasteiger partial charge is 0.267 e. The van der Waals surface area contributed by atoms with Gasteiger partial charge in [-0.3, -0.25) is 9.52 Å². The molecule has 0 radical (unpaired) electrons. The van der Waals surface area contributed by atoms with Crippen molar-refractivity contribution in [3.63, 3.8) is 0 Å². The van der Waals surface area contributed by atoms with Crippen LogP contribution in [0.15, 0.2) is 41.3 Å². The zero-order valence-electron chi connectivity index (χ0n) is 13.3. The third kappa shape index (κ3) is 3.73. The number of halogens is 3. The number of carbonyl (C=O) groups excluding carboxylic acids is 1. The summed E-state index contributed by atoms with van der Waals surface area (Å²) in [6.45, 7) is 1.15. The van der Waals surface area contributed by atoms with Gasteiger partial charge in [-0.1, -0.05) is 17.7 Å². The number of nitrogens with one attached hydrogen (secondary N) is 2. The molecule has 0 bridgehead atoms. The molecule has 0 saturated carbocycles. The molecule has 26 heavy (non-hydrogen) atoms. The molecule has 1 aliphatic rings. The first-order valence-electron chi connectivity index (χ1n) is 7.56. The van der Waals surface area contributed by atoms with E-state index in [0.717, 1.165) is 18.2 Å². The Bertz CT molecular complexity index is 949. The number of anilines is 2. The number of carbonyl (C=O) groups is 1. The Hall–Kier alpha value is -2.39. The van der Waals surface area contributed by atoms with Crippen molar-refractivity contribution in [1.29, 1.82) is 0 Å². The largest absolute Gasteiger partial charge is 0.359 e. The lowest BCUT2D eigenvalue weighted by atomic mass is 10.2. The lowest BCUT2D eigenvalue weighted by Crippen LogP contribution is -2.47. The molecule has 138 valence electrons. The Morgan fingerprint density at radius 3 is 2.46 bits per heavy atom. The summed E-state index contributed by atoms with van der Waals surface area (Å²) in [6.07, 6.45) is 0. The fraction of sp³-hybridized carbons (Fsp3) is 0.188. The first-order valence-corrected chi connectivity index (χ1v) is 9.42. The van der Waals surface area contributed by atoms with E-state index >= 15 is 0 Å². The van der Waals surface area contributed by atoms with E-state index in [1.807, 2.05) is 0 Å². The lowest BCUT2D eigenvalue weighted by Gasteiger charge is -2.29. The maximum absolute atomic E-state index is 13.7. The van der Waals surface area contributed by atoms with Gasteiger partial charge in [0, 0.05) is 13.1 Å². The van der Waals surface area contributed by atoms with E-state index in [4.69, 9.17) is 11.6 Å². The zero-order valence-corrected chi connectivity index (χ0v) is 14.9. The quantitative estimate of drug-likeness (QED) is 0.824. The van der Waals surface area contributed by atoms with Gasteiger partial charge in [0.1, 0.15) is 11.6 Å². The summed E-state index contributed by atoms with van der Waals surface area (Å²) < 4.78 is 54.2. The molecule has 1 fully saturated rings. The number of benzene rings is 2. The number of rotatable bonds is 4. The van der Waals surface area contributed by atoms with Crippen molar-refractivity contribution < 1.29 is 22.0 Å². The van der Waals surface area contributed by atoms with E-state index < -0.39 is 26.6 Å². The zero-order chi connectivity index (χ0) is 18.9. The molecule has 1 heterocycles. The van der Waals surface area contributed by atoms with Gasteiger partial charge in [0.05, 0.1) is 22.9 Å². The first kappa shape index (κ1) is 18.4. The van der Waals surface area contributed by atoms with Crippen LogP contribution in [0, 0.1) is 11.6 Å². The number of hydrogen-bond acceptors (Lipinski definition) is 4. The van der Waals surface area contributed by atoms with E-state index in [9.17, 15) is 22.0 Å². The second-order valence-electron chi connectivity index (χ2n) is 5.59. The van der Waals surface area contributed by atoms with Crippen LogP contribution in [-0.4, -0.2) is 34.0 Å². The topological polar surface area (TPSA) is 78.5 Å². The Kier molecular flexibility index (Phi) is 5.01. The highest BCUT2D eigenvalue weighted by molar-refractivity contribution is 7.92. The Balaban J connectivity index is 1.87. The van der Waals surface area contributed by atoms with Crippen LogP contribution >= 0.6 is 11.6 Å². The predicted octanol–water partition coefficient (Wildman–Crippen LogP) is 2.36. The minimum atomic E-state index is -4.47. The van der Waals surface area contributed by atoms with Gasteiger partial charge >= 0.3 is 0 Å². The molecule has 1 amide bonds. The predicted molar refractivity (Wildman–Crippen MR) is 93.8 cm³/mol. The van der Waals surface area contributed by atoms with E-state index in [-0.39, 0.29) is 23.2 Å². The Morgan fingerprint density at radius 2 is 1.85 bits per heavy atom. The highest BCUT2D eigenvalue weighted by Crippen LogP contribution is 2.30. The van der Waals surface area contributed by atoms with Crippen LogP contribution in [0.25, 0.3) is 0 Å². The van der Waals surface area contributed by atoms with Gasteiger partial charge in [-0.2, -0.15) is 0 Å². The van der Waals surface area contributed by atoms with Crippen molar-refractivity contribution >= 4 is 38.9 Å². The number of sulfonamides is 1. The van der Waals surface area contributed by atoms with E-state index in [1.165, 1.54) is 18.2 Å². The minimum Gasteiger partial charge on any atom is -0.359 e.